The van der Waals surface area contributed by atoms with Gasteiger partial charge < -0.3 is 4.98 Å². The number of rotatable bonds is 4. The van der Waals surface area contributed by atoms with Gasteiger partial charge in [-0.25, -0.2) is 17.5 Å². The van der Waals surface area contributed by atoms with Crippen LogP contribution >= 0.6 is 0 Å². The Kier molecular flexibility index (Phi) is 3.21. The van der Waals surface area contributed by atoms with Gasteiger partial charge in [-0.05, 0) is 17.7 Å². The Morgan fingerprint density at radius 2 is 2.24 bits per heavy atom. The van der Waals surface area contributed by atoms with Crippen molar-refractivity contribution in [2.24, 2.45) is 0 Å². The summed E-state index contributed by atoms with van der Waals surface area (Å²) in [4.78, 5) is 6.12. The molecule has 0 spiro atoms. The average molecular weight is 255 g/mol. The zero-order valence-electron chi connectivity index (χ0n) is 8.72. The Morgan fingerprint density at radius 3 is 2.88 bits per heavy atom. The van der Waals surface area contributed by atoms with Gasteiger partial charge in [0.2, 0.25) is 10.0 Å². The standard InChI is InChI=1S/C10H10FN3O2S/c11-9-3-10(7-13-6-9)17(15,16)14-5-8-1-2-12-4-8/h1-4,6-7,12,14H,5H2. The molecule has 0 radical (unpaired) electrons. The second-order valence-electron chi connectivity index (χ2n) is 3.38. The van der Waals surface area contributed by atoms with E-state index in [1.165, 1.54) is 0 Å². The monoisotopic (exact) mass is 255 g/mol. The zero-order chi connectivity index (χ0) is 12.3. The van der Waals surface area contributed by atoms with Crippen molar-refractivity contribution < 1.29 is 12.8 Å². The van der Waals surface area contributed by atoms with E-state index >= 15 is 0 Å². The molecule has 5 nitrogen and oxygen atoms in total. The molecule has 17 heavy (non-hydrogen) atoms. The summed E-state index contributed by atoms with van der Waals surface area (Å²) >= 11 is 0. The van der Waals surface area contributed by atoms with Gasteiger partial charge in [-0.1, -0.05) is 0 Å². The Balaban J connectivity index is 2.14. The first-order valence-corrected chi connectivity index (χ1v) is 6.28. The Hall–Kier alpha value is -1.73. The molecule has 0 saturated carbocycles. The fraction of sp³-hybridized carbons (Fsp3) is 0.100. The lowest BCUT2D eigenvalue weighted by Crippen LogP contribution is -2.23. The van der Waals surface area contributed by atoms with Crippen LogP contribution in [0.3, 0.4) is 0 Å². The molecule has 2 aromatic heterocycles. The number of hydrogen-bond donors (Lipinski definition) is 2. The van der Waals surface area contributed by atoms with E-state index in [1.807, 2.05) is 0 Å². The minimum Gasteiger partial charge on any atom is -0.367 e. The van der Waals surface area contributed by atoms with E-state index in [9.17, 15) is 12.8 Å². The highest BCUT2D eigenvalue weighted by Crippen LogP contribution is 2.09. The van der Waals surface area contributed by atoms with E-state index in [1.54, 1.807) is 18.5 Å². The number of aromatic nitrogens is 2. The van der Waals surface area contributed by atoms with Crippen LogP contribution in [0.15, 0.2) is 41.8 Å². The summed E-state index contributed by atoms with van der Waals surface area (Å²) in [6.45, 7) is 0.141. The molecule has 2 N–H and O–H groups in total. The quantitative estimate of drug-likeness (QED) is 0.856. The summed E-state index contributed by atoms with van der Waals surface area (Å²) in [7, 11) is -3.73. The van der Waals surface area contributed by atoms with Gasteiger partial charge in [0.1, 0.15) is 10.7 Å². The van der Waals surface area contributed by atoms with E-state index in [4.69, 9.17) is 0 Å². The van der Waals surface area contributed by atoms with Gasteiger partial charge in [0.05, 0.1) is 6.20 Å². The second-order valence-corrected chi connectivity index (χ2v) is 5.15. The highest BCUT2D eigenvalue weighted by Gasteiger charge is 2.14. The molecule has 2 heterocycles. The highest BCUT2D eigenvalue weighted by atomic mass is 32.2. The second kappa shape index (κ2) is 4.64. The fourth-order valence-corrected chi connectivity index (χ4v) is 2.26. The van der Waals surface area contributed by atoms with Gasteiger partial charge in [0.25, 0.3) is 0 Å². The number of H-pyrrole nitrogens is 1. The molecular weight excluding hydrogens is 245 g/mol. The smallest absolute Gasteiger partial charge is 0.242 e. The van der Waals surface area contributed by atoms with Crippen LogP contribution in [0.4, 0.5) is 4.39 Å². The largest absolute Gasteiger partial charge is 0.367 e. The number of nitrogens with zero attached hydrogens (tertiary/aromatic N) is 1. The van der Waals surface area contributed by atoms with Crippen molar-refractivity contribution >= 4 is 10.0 Å². The molecule has 0 unspecified atom stereocenters. The van der Waals surface area contributed by atoms with Crippen LogP contribution in [0, 0.1) is 5.82 Å². The number of nitrogens with one attached hydrogen (secondary N) is 2. The maximum absolute atomic E-state index is 12.9. The lowest BCUT2D eigenvalue weighted by atomic mass is 10.4. The maximum atomic E-state index is 12.9. The third-order valence-electron chi connectivity index (χ3n) is 2.12. The number of hydrogen-bond acceptors (Lipinski definition) is 3. The Labute approximate surface area is 97.8 Å². The van der Waals surface area contributed by atoms with Gasteiger partial charge in [-0.15, -0.1) is 0 Å². The van der Waals surface area contributed by atoms with E-state index in [0.717, 1.165) is 24.0 Å². The molecule has 90 valence electrons. The molecule has 0 aliphatic rings. The van der Waals surface area contributed by atoms with Gasteiger partial charge in [0.15, 0.2) is 0 Å². The molecule has 0 aliphatic heterocycles. The normalized spacial score (nSPS) is 11.6. The molecule has 2 aromatic rings. The molecule has 0 amide bonds. The number of halogens is 1. The lowest BCUT2D eigenvalue weighted by Gasteiger charge is -2.05. The molecular formula is C10H10FN3O2S. The number of aromatic amines is 1. The summed E-state index contributed by atoms with van der Waals surface area (Å²) in [5.74, 6) is -0.686. The summed E-state index contributed by atoms with van der Waals surface area (Å²) in [5, 5.41) is 0. The van der Waals surface area contributed by atoms with Crippen molar-refractivity contribution in [3.05, 3.63) is 48.3 Å². The van der Waals surface area contributed by atoms with Crippen LogP contribution in [-0.4, -0.2) is 18.4 Å². The molecule has 0 aliphatic carbocycles. The van der Waals surface area contributed by atoms with Crippen molar-refractivity contribution in [3.63, 3.8) is 0 Å². The van der Waals surface area contributed by atoms with Crippen LogP contribution in [0.2, 0.25) is 0 Å². The van der Waals surface area contributed by atoms with Gasteiger partial charge in [-0.2, -0.15) is 0 Å². The van der Waals surface area contributed by atoms with Crippen molar-refractivity contribution in [1.29, 1.82) is 0 Å². The van der Waals surface area contributed by atoms with Gasteiger partial charge >= 0.3 is 0 Å². The topological polar surface area (TPSA) is 74.8 Å². The minimum absolute atomic E-state index is 0.141. The summed E-state index contributed by atoms with van der Waals surface area (Å²) in [6, 6.07) is 2.67. The van der Waals surface area contributed by atoms with Gasteiger partial charge in [0, 0.05) is 25.1 Å². The van der Waals surface area contributed by atoms with Crippen LogP contribution in [0.25, 0.3) is 0 Å². The summed E-state index contributed by atoms with van der Waals surface area (Å²) in [5.41, 5.74) is 0.790. The third-order valence-corrected chi connectivity index (χ3v) is 3.49. The molecule has 0 aromatic carbocycles. The Bertz CT molecular complexity index is 596. The molecule has 0 fully saturated rings. The first-order valence-electron chi connectivity index (χ1n) is 4.80. The SMILES string of the molecule is O=S(=O)(NCc1cc[nH]c1)c1cncc(F)c1. The predicted octanol–water partition coefficient (Wildman–Crippen LogP) is 1.03. The average Bonchev–Trinajstić information content (AvgIpc) is 2.79. The molecule has 7 heteroatoms. The van der Waals surface area contributed by atoms with Crippen LogP contribution in [0.5, 0.6) is 0 Å². The molecule has 0 atom stereocenters. The number of sulfonamides is 1. The highest BCUT2D eigenvalue weighted by molar-refractivity contribution is 7.89. The lowest BCUT2D eigenvalue weighted by molar-refractivity contribution is 0.575. The summed E-state index contributed by atoms with van der Waals surface area (Å²) < 4.78 is 38.7. The maximum Gasteiger partial charge on any atom is 0.242 e. The van der Waals surface area contributed by atoms with Crippen LogP contribution in [0.1, 0.15) is 5.56 Å². The van der Waals surface area contributed by atoms with Crippen LogP contribution in [-0.2, 0) is 16.6 Å². The first kappa shape index (κ1) is 11.7. The fourth-order valence-electron chi connectivity index (χ4n) is 1.27. The van der Waals surface area contributed by atoms with Gasteiger partial charge in [-0.3, -0.25) is 4.98 Å². The minimum atomic E-state index is -3.73. The zero-order valence-corrected chi connectivity index (χ0v) is 9.54. The van der Waals surface area contributed by atoms with Crippen molar-refractivity contribution in [1.82, 2.24) is 14.7 Å². The first-order chi connectivity index (χ1) is 8.08. The number of pyridine rings is 1. The van der Waals surface area contributed by atoms with Crippen LogP contribution < -0.4 is 4.72 Å². The van der Waals surface area contributed by atoms with E-state index in [2.05, 4.69) is 14.7 Å². The van der Waals surface area contributed by atoms with E-state index < -0.39 is 15.8 Å². The molecule has 2 rings (SSSR count). The molecule has 0 bridgehead atoms. The van der Waals surface area contributed by atoms with Crippen molar-refractivity contribution in [2.45, 2.75) is 11.4 Å². The molecule has 0 saturated heterocycles. The van der Waals surface area contributed by atoms with Crippen molar-refractivity contribution in [3.8, 4) is 0 Å². The third kappa shape index (κ3) is 2.89. The van der Waals surface area contributed by atoms with Crippen molar-refractivity contribution in [2.75, 3.05) is 0 Å². The van der Waals surface area contributed by atoms with E-state index in [0.29, 0.717) is 0 Å². The predicted molar refractivity (Wildman–Crippen MR) is 59.0 cm³/mol. The summed E-state index contributed by atoms with van der Waals surface area (Å²) in [6.07, 6.45) is 5.41. The Morgan fingerprint density at radius 1 is 1.41 bits per heavy atom. The van der Waals surface area contributed by atoms with E-state index in [-0.39, 0.29) is 11.4 Å².